The standard InChI is InChI=1S/C32H39FO10/c1-20(34)32(4,33)16-15-24(41-30(37)21-11-8-7-9-12-21)28-25(42-31(2,3)43-28)14-10-13-22-17-23(39-6)18-26(40-19-38-5)27(22)29(35)36/h7-13,15-18,20,24-25,28,34H,14,19H2,1-6H3,(H,35,36). The van der Waals surface area contributed by atoms with E-state index in [2.05, 4.69) is 0 Å². The van der Waals surface area contributed by atoms with Crippen molar-refractivity contribution in [1.29, 1.82) is 0 Å². The molecule has 10 nitrogen and oxygen atoms in total. The molecule has 3 rings (SSSR count). The van der Waals surface area contributed by atoms with Gasteiger partial charge < -0.3 is 38.6 Å². The Hall–Kier alpha value is -3.77. The normalized spacial score (nSPS) is 20.9. The highest BCUT2D eigenvalue weighted by atomic mass is 19.1. The number of carboxylic acids is 1. The molecule has 5 atom stereocenters. The van der Waals surface area contributed by atoms with E-state index in [0.717, 1.165) is 6.08 Å². The SMILES string of the molecule is COCOc1cc(OC)cc(C=CCC2OC(C)(C)OC2C(C=CC(C)(F)C(C)O)OC(=O)c2ccccc2)c1C(=O)O. The molecule has 1 heterocycles. The minimum Gasteiger partial charge on any atom is -0.497 e. The van der Waals surface area contributed by atoms with Gasteiger partial charge in [-0.2, -0.15) is 0 Å². The minimum atomic E-state index is -2.11. The molecule has 0 aromatic heterocycles. The van der Waals surface area contributed by atoms with Crippen molar-refractivity contribution >= 4 is 18.0 Å². The van der Waals surface area contributed by atoms with Crippen LogP contribution in [0.2, 0.25) is 0 Å². The molecule has 43 heavy (non-hydrogen) atoms. The van der Waals surface area contributed by atoms with E-state index in [4.69, 9.17) is 28.4 Å². The molecule has 234 valence electrons. The van der Waals surface area contributed by atoms with Crippen molar-refractivity contribution in [2.24, 2.45) is 0 Å². The lowest BCUT2D eigenvalue weighted by Gasteiger charge is -2.26. The smallest absolute Gasteiger partial charge is 0.340 e. The van der Waals surface area contributed by atoms with Gasteiger partial charge in [0.2, 0.25) is 0 Å². The molecule has 2 N–H and O–H groups in total. The molecular formula is C32H39FO10. The number of aliphatic hydroxyl groups is 1. The fraction of sp³-hybridized carbons (Fsp3) is 0.438. The molecule has 1 fully saturated rings. The van der Waals surface area contributed by atoms with Crippen LogP contribution in [0, 0.1) is 0 Å². The van der Waals surface area contributed by atoms with Crippen molar-refractivity contribution in [3.05, 3.63) is 77.4 Å². The topological polar surface area (TPSA) is 130 Å². The minimum absolute atomic E-state index is 0.0678. The summed E-state index contributed by atoms with van der Waals surface area (Å²) in [6.45, 7) is 5.76. The van der Waals surface area contributed by atoms with E-state index in [0.29, 0.717) is 16.9 Å². The average molecular weight is 603 g/mol. The lowest BCUT2D eigenvalue weighted by molar-refractivity contribution is -0.152. The van der Waals surface area contributed by atoms with Gasteiger partial charge in [0.15, 0.2) is 18.2 Å². The van der Waals surface area contributed by atoms with Gasteiger partial charge in [-0.1, -0.05) is 30.4 Å². The fourth-order valence-electron chi connectivity index (χ4n) is 4.38. The number of alkyl halides is 1. The van der Waals surface area contributed by atoms with E-state index in [1.165, 1.54) is 40.2 Å². The Bertz CT molecular complexity index is 1300. The molecule has 1 aliphatic rings. The van der Waals surface area contributed by atoms with Crippen LogP contribution in [0.25, 0.3) is 6.08 Å². The maximum absolute atomic E-state index is 15.0. The number of ether oxygens (including phenoxy) is 6. The van der Waals surface area contributed by atoms with Gasteiger partial charge in [0.1, 0.15) is 29.3 Å². The summed E-state index contributed by atoms with van der Waals surface area (Å²) in [5.41, 5.74) is -1.60. The second-order valence-corrected chi connectivity index (χ2v) is 10.6. The number of hydrogen-bond donors (Lipinski definition) is 2. The van der Waals surface area contributed by atoms with E-state index in [1.54, 1.807) is 62.4 Å². The lowest BCUT2D eigenvalue weighted by Crippen LogP contribution is -2.38. The largest absolute Gasteiger partial charge is 0.497 e. The maximum atomic E-state index is 15.0. The molecule has 11 heteroatoms. The Balaban J connectivity index is 1.94. The number of carbonyl (C=O) groups excluding carboxylic acids is 1. The average Bonchev–Trinajstić information content (AvgIpc) is 3.27. The van der Waals surface area contributed by atoms with Crippen LogP contribution in [0.5, 0.6) is 11.5 Å². The van der Waals surface area contributed by atoms with Crippen LogP contribution in [0.1, 0.15) is 60.4 Å². The van der Waals surface area contributed by atoms with Crippen LogP contribution in [0.3, 0.4) is 0 Å². The van der Waals surface area contributed by atoms with Crippen LogP contribution in [-0.2, 0) is 18.9 Å². The van der Waals surface area contributed by atoms with Gasteiger partial charge in [-0.25, -0.2) is 14.0 Å². The second-order valence-electron chi connectivity index (χ2n) is 10.6. The number of methoxy groups -OCH3 is 2. The number of halogens is 1. The van der Waals surface area contributed by atoms with Crippen molar-refractivity contribution in [2.75, 3.05) is 21.0 Å². The summed E-state index contributed by atoms with van der Waals surface area (Å²) in [6.07, 6.45) is 1.99. The van der Waals surface area contributed by atoms with E-state index < -0.39 is 47.8 Å². The van der Waals surface area contributed by atoms with Crippen LogP contribution in [0.4, 0.5) is 4.39 Å². The first-order valence-corrected chi connectivity index (χ1v) is 13.7. The summed E-state index contributed by atoms with van der Waals surface area (Å²) in [5, 5.41) is 19.8. The summed E-state index contributed by atoms with van der Waals surface area (Å²) in [7, 11) is 2.87. The molecule has 2 aromatic rings. The van der Waals surface area contributed by atoms with Gasteiger partial charge in [-0.05, 0) is 70.0 Å². The number of rotatable bonds is 14. The third-order valence-electron chi connectivity index (χ3n) is 6.78. The first kappa shape index (κ1) is 33.7. The molecular weight excluding hydrogens is 563 g/mol. The summed E-state index contributed by atoms with van der Waals surface area (Å²) < 4.78 is 48.7. The number of esters is 1. The zero-order valence-electron chi connectivity index (χ0n) is 25.1. The molecule has 1 aliphatic heterocycles. The van der Waals surface area contributed by atoms with Crippen LogP contribution in [0.15, 0.2) is 60.7 Å². The molecule has 2 aromatic carbocycles. The molecule has 0 aliphatic carbocycles. The van der Waals surface area contributed by atoms with Gasteiger partial charge >= 0.3 is 11.9 Å². The first-order chi connectivity index (χ1) is 20.3. The van der Waals surface area contributed by atoms with Gasteiger partial charge in [0.05, 0.1) is 24.9 Å². The summed E-state index contributed by atoms with van der Waals surface area (Å²) in [6, 6.07) is 11.3. The Morgan fingerprint density at radius 3 is 2.47 bits per heavy atom. The number of hydrogen-bond acceptors (Lipinski definition) is 9. The van der Waals surface area contributed by atoms with Crippen LogP contribution >= 0.6 is 0 Å². The van der Waals surface area contributed by atoms with E-state index in [-0.39, 0.29) is 24.5 Å². The Morgan fingerprint density at radius 2 is 1.86 bits per heavy atom. The summed E-state index contributed by atoms with van der Waals surface area (Å²) >= 11 is 0. The molecule has 1 saturated heterocycles. The highest BCUT2D eigenvalue weighted by Gasteiger charge is 2.45. The van der Waals surface area contributed by atoms with Crippen molar-refractivity contribution in [1.82, 2.24) is 0 Å². The van der Waals surface area contributed by atoms with Crippen molar-refractivity contribution in [3.8, 4) is 11.5 Å². The van der Waals surface area contributed by atoms with Crippen molar-refractivity contribution in [2.45, 2.75) is 70.0 Å². The predicted molar refractivity (Wildman–Crippen MR) is 156 cm³/mol. The number of aliphatic hydroxyl groups excluding tert-OH is 1. The molecule has 0 radical (unpaired) electrons. The van der Waals surface area contributed by atoms with Gasteiger partial charge in [-0.15, -0.1) is 0 Å². The van der Waals surface area contributed by atoms with E-state index in [1.807, 2.05) is 0 Å². The molecule has 0 spiro atoms. The monoisotopic (exact) mass is 602 g/mol. The Labute approximate surface area is 250 Å². The van der Waals surface area contributed by atoms with Crippen LogP contribution < -0.4 is 9.47 Å². The summed E-state index contributed by atoms with van der Waals surface area (Å²) in [5.74, 6) is -2.50. The number of carboxylic acid groups (broad SMARTS) is 1. The Kier molecular flexibility index (Phi) is 11.5. The Morgan fingerprint density at radius 1 is 1.16 bits per heavy atom. The molecule has 0 amide bonds. The zero-order chi connectivity index (χ0) is 31.8. The summed E-state index contributed by atoms with van der Waals surface area (Å²) in [4.78, 5) is 25.1. The number of carbonyl (C=O) groups is 2. The zero-order valence-corrected chi connectivity index (χ0v) is 25.1. The van der Waals surface area contributed by atoms with Crippen LogP contribution in [-0.4, -0.2) is 79.0 Å². The lowest BCUT2D eigenvalue weighted by atomic mass is 9.98. The van der Waals surface area contributed by atoms with Gasteiger partial charge in [-0.3, -0.25) is 0 Å². The maximum Gasteiger partial charge on any atom is 0.340 e. The van der Waals surface area contributed by atoms with Crippen molar-refractivity contribution in [3.63, 3.8) is 0 Å². The third kappa shape index (κ3) is 9.11. The number of aromatic carboxylic acids is 1. The molecule has 5 unspecified atom stereocenters. The fourth-order valence-corrected chi connectivity index (χ4v) is 4.38. The second kappa shape index (κ2) is 14.6. The molecule has 0 bridgehead atoms. The molecule has 0 saturated carbocycles. The quantitative estimate of drug-likeness (QED) is 0.169. The highest BCUT2D eigenvalue weighted by Crippen LogP contribution is 2.35. The predicted octanol–water partition coefficient (Wildman–Crippen LogP) is 5.19. The van der Waals surface area contributed by atoms with Gasteiger partial charge in [0.25, 0.3) is 0 Å². The van der Waals surface area contributed by atoms with E-state index in [9.17, 15) is 24.2 Å². The van der Waals surface area contributed by atoms with Crippen molar-refractivity contribution < 1.29 is 52.6 Å². The number of benzene rings is 2. The third-order valence-corrected chi connectivity index (χ3v) is 6.78. The first-order valence-electron chi connectivity index (χ1n) is 13.7. The van der Waals surface area contributed by atoms with E-state index >= 15 is 0 Å². The van der Waals surface area contributed by atoms with Gasteiger partial charge in [0, 0.05) is 13.2 Å². The highest BCUT2D eigenvalue weighted by molar-refractivity contribution is 5.95.